The fourth-order valence-electron chi connectivity index (χ4n) is 5.10. The van der Waals surface area contributed by atoms with Gasteiger partial charge in [0.25, 0.3) is 0 Å². The van der Waals surface area contributed by atoms with Gasteiger partial charge in [0.2, 0.25) is 0 Å². The van der Waals surface area contributed by atoms with E-state index in [-0.39, 0.29) is 6.10 Å². The molecule has 0 unspecified atom stereocenters. The van der Waals surface area contributed by atoms with Crippen LogP contribution in [0.1, 0.15) is 49.6 Å². The van der Waals surface area contributed by atoms with Crippen LogP contribution < -0.4 is 5.73 Å². The summed E-state index contributed by atoms with van der Waals surface area (Å²) in [5.41, 5.74) is 14.7. The van der Waals surface area contributed by atoms with Crippen LogP contribution >= 0.6 is 0 Å². The third-order valence-electron chi connectivity index (χ3n) is 7.19. The summed E-state index contributed by atoms with van der Waals surface area (Å²) in [6.45, 7) is 6.30. The Morgan fingerprint density at radius 2 is 1.69 bits per heavy atom. The number of hydrogen-bond donors (Lipinski definition) is 2. The quantitative estimate of drug-likeness (QED) is 0.375. The molecule has 2 aromatic carbocycles. The van der Waals surface area contributed by atoms with Crippen molar-refractivity contribution in [3.05, 3.63) is 83.7 Å². The molecule has 0 spiro atoms. The summed E-state index contributed by atoms with van der Waals surface area (Å²) < 4.78 is 1.87. The van der Waals surface area contributed by atoms with Gasteiger partial charge in [-0.15, -0.1) is 0 Å². The standard InChI is InChI=1S/C29H29N5O/c1-17(2)25-14-26-31-18(3)23-13-24(19-7-5-4-6-8-19)27(32-28(23)34(26)33-25)20-9-11-21(12-10-20)29(30)15-22(35)16-29/h4-14,17,22,35H,15-16,30H2,1-3H3. The number of fused-ring (bicyclic) bond motifs is 3. The second-order valence-electron chi connectivity index (χ2n) is 10.1. The highest BCUT2D eigenvalue weighted by atomic mass is 16.3. The molecule has 0 saturated heterocycles. The molecule has 0 aliphatic heterocycles. The zero-order valence-corrected chi connectivity index (χ0v) is 20.2. The van der Waals surface area contributed by atoms with Crippen LogP contribution in [0.3, 0.4) is 0 Å². The molecule has 1 fully saturated rings. The number of aliphatic hydroxyl groups is 1. The number of aromatic nitrogens is 4. The minimum atomic E-state index is -0.450. The number of nitrogens with two attached hydrogens (primary N) is 1. The molecule has 6 heteroatoms. The van der Waals surface area contributed by atoms with Crippen molar-refractivity contribution >= 4 is 16.7 Å². The molecule has 0 amide bonds. The maximum atomic E-state index is 9.78. The first-order valence-electron chi connectivity index (χ1n) is 12.2. The zero-order chi connectivity index (χ0) is 24.3. The maximum Gasteiger partial charge on any atom is 0.165 e. The van der Waals surface area contributed by atoms with Gasteiger partial charge in [0.15, 0.2) is 11.3 Å². The summed E-state index contributed by atoms with van der Waals surface area (Å²) in [6, 6.07) is 22.9. The monoisotopic (exact) mass is 463 g/mol. The lowest BCUT2D eigenvalue weighted by Gasteiger charge is -2.42. The molecule has 3 aromatic heterocycles. The Morgan fingerprint density at radius 1 is 0.971 bits per heavy atom. The molecule has 0 radical (unpaired) electrons. The van der Waals surface area contributed by atoms with E-state index >= 15 is 0 Å². The third kappa shape index (κ3) is 3.61. The molecular weight excluding hydrogens is 434 g/mol. The average Bonchev–Trinajstić information content (AvgIpc) is 3.28. The van der Waals surface area contributed by atoms with Gasteiger partial charge in [-0.25, -0.2) is 9.97 Å². The largest absolute Gasteiger partial charge is 0.393 e. The molecular formula is C29H29N5O. The van der Waals surface area contributed by atoms with E-state index in [2.05, 4.69) is 56.3 Å². The highest BCUT2D eigenvalue weighted by molar-refractivity contribution is 5.92. The van der Waals surface area contributed by atoms with E-state index < -0.39 is 5.54 Å². The lowest BCUT2D eigenvalue weighted by Crippen LogP contribution is -2.51. The Labute approximate surface area is 204 Å². The fourth-order valence-corrected chi connectivity index (χ4v) is 5.10. The number of aryl methyl sites for hydroxylation is 1. The van der Waals surface area contributed by atoms with Crippen LogP contribution in [-0.4, -0.2) is 30.8 Å². The first kappa shape index (κ1) is 21.9. The van der Waals surface area contributed by atoms with Gasteiger partial charge in [-0.1, -0.05) is 68.4 Å². The fraction of sp³-hybridized carbons (Fsp3) is 0.276. The van der Waals surface area contributed by atoms with Gasteiger partial charge in [-0.3, -0.25) is 0 Å². The second kappa shape index (κ2) is 7.97. The molecule has 0 bridgehead atoms. The van der Waals surface area contributed by atoms with E-state index in [0.717, 1.165) is 56.0 Å². The van der Waals surface area contributed by atoms with Crippen LogP contribution in [0, 0.1) is 6.92 Å². The van der Waals surface area contributed by atoms with Crippen molar-refractivity contribution in [2.24, 2.45) is 5.73 Å². The number of nitrogens with zero attached hydrogens (tertiary/aromatic N) is 4. The normalized spacial score (nSPS) is 20.0. The van der Waals surface area contributed by atoms with Gasteiger partial charge in [-0.05, 0) is 42.9 Å². The van der Waals surface area contributed by atoms with Crippen molar-refractivity contribution in [3.8, 4) is 22.4 Å². The van der Waals surface area contributed by atoms with Crippen LogP contribution in [0.5, 0.6) is 0 Å². The number of pyridine rings is 1. The second-order valence-corrected chi connectivity index (χ2v) is 10.1. The maximum absolute atomic E-state index is 9.78. The molecule has 0 atom stereocenters. The summed E-state index contributed by atoms with van der Waals surface area (Å²) in [7, 11) is 0. The number of hydrogen-bond acceptors (Lipinski definition) is 5. The Balaban J connectivity index is 1.58. The van der Waals surface area contributed by atoms with Gasteiger partial charge in [0.05, 0.1) is 23.2 Å². The number of benzene rings is 2. The smallest absolute Gasteiger partial charge is 0.165 e. The van der Waals surface area contributed by atoms with E-state index in [1.807, 2.05) is 35.7 Å². The summed E-state index contributed by atoms with van der Waals surface area (Å²) in [4.78, 5) is 10.0. The number of aliphatic hydroxyl groups excluding tert-OH is 1. The van der Waals surface area contributed by atoms with E-state index in [1.165, 1.54) is 0 Å². The van der Waals surface area contributed by atoms with Crippen LogP contribution in [0.2, 0.25) is 0 Å². The van der Waals surface area contributed by atoms with Gasteiger partial charge >= 0.3 is 0 Å². The summed E-state index contributed by atoms with van der Waals surface area (Å²) in [6.07, 6.45) is 0.880. The van der Waals surface area contributed by atoms with Crippen molar-refractivity contribution < 1.29 is 5.11 Å². The van der Waals surface area contributed by atoms with Crippen molar-refractivity contribution in [3.63, 3.8) is 0 Å². The summed E-state index contributed by atoms with van der Waals surface area (Å²) in [5.74, 6) is 0.302. The minimum absolute atomic E-state index is 0.302. The van der Waals surface area contributed by atoms with Crippen molar-refractivity contribution in [2.45, 2.75) is 51.2 Å². The first-order valence-corrected chi connectivity index (χ1v) is 12.2. The molecule has 1 saturated carbocycles. The molecule has 35 heavy (non-hydrogen) atoms. The Morgan fingerprint density at radius 3 is 2.34 bits per heavy atom. The van der Waals surface area contributed by atoms with Gasteiger partial charge in [0, 0.05) is 28.1 Å². The topological polar surface area (TPSA) is 89.3 Å². The predicted octanol–water partition coefficient (Wildman–Crippen LogP) is 5.35. The third-order valence-corrected chi connectivity index (χ3v) is 7.19. The van der Waals surface area contributed by atoms with Gasteiger partial charge in [0.1, 0.15) is 0 Å². The Kier molecular flexibility index (Phi) is 4.99. The van der Waals surface area contributed by atoms with Crippen molar-refractivity contribution in [1.82, 2.24) is 19.6 Å². The molecule has 3 N–H and O–H groups in total. The molecule has 6 nitrogen and oxygen atoms in total. The van der Waals surface area contributed by atoms with Crippen LogP contribution in [0.25, 0.3) is 39.1 Å². The van der Waals surface area contributed by atoms with Crippen LogP contribution in [-0.2, 0) is 5.54 Å². The summed E-state index contributed by atoms with van der Waals surface area (Å²) >= 11 is 0. The van der Waals surface area contributed by atoms with E-state index in [9.17, 15) is 5.11 Å². The lowest BCUT2D eigenvalue weighted by atomic mass is 9.70. The van der Waals surface area contributed by atoms with E-state index in [0.29, 0.717) is 18.8 Å². The van der Waals surface area contributed by atoms with Crippen LogP contribution in [0.15, 0.2) is 66.7 Å². The van der Waals surface area contributed by atoms with E-state index in [4.69, 9.17) is 20.8 Å². The molecule has 5 aromatic rings. The molecule has 1 aliphatic carbocycles. The van der Waals surface area contributed by atoms with E-state index in [1.54, 1.807) is 0 Å². The molecule has 3 heterocycles. The van der Waals surface area contributed by atoms with Gasteiger partial charge in [-0.2, -0.15) is 9.61 Å². The zero-order valence-electron chi connectivity index (χ0n) is 20.2. The van der Waals surface area contributed by atoms with Crippen LogP contribution in [0.4, 0.5) is 0 Å². The Hall–Kier alpha value is -3.61. The molecule has 1 aliphatic rings. The van der Waals surface area contributed by atoms with Gasteiger partial charge < -0.3 is 10.8 Å². The number of rotatable bonds is 4. The molecule has 176 valence electrons. The first-order chi connectivity index (χ1) is 16.8. The highest BCUT2D eigenvalue weighted by Crippen LogP contribution is 2.40. The average molecular weight is 464 g/mol. The predicted molar refractivity (Wildman–Crippen MR) is 139 cm³/mol. The SMILES string of the molecule is Cc1nc2cc(C(C)C)nn2c2nc(-c3ccc(C4(N)CC(O)C4)cc3)c(-c3ccccc3)cc12. The highest BCUT2D eigenvalue weighted by Gasteiger charge is 2.41. The summed E-state index contributed by atoms with van der Waals surface area (Å²) in [5, 5.41) is 15.6. The van der Waals surface area contributed by atoms with Crippen molar-refractivity contribution in [2.75, 3.05) is 0 Å². The lowest BCUT2D eigenvalue weighted by molar-refractivity contribution is 0.0209. The van der Waals surface area contributed by atoms with Crippen molar-refractivity contribution in [1.29, 1.82) is 0 Å². The molecule has 6 rings (SSSR count). The Bertz CT molecular complexity index is 1550. The minimum Gasteiger partial charge on any atom is -0.393 e.